The molecule has 20 heavy (non-hydrogen) atoms. The van der Waals surface area contributed by atoms with Gasteiger partial charge in [-0.05, 0) is 0 Å². The SMILES string of the molecule is O=S(=O)(Nc1c(F)c(F)c(F)c(F)c1F)c1cn[nH]c1. The van der Waals surface area contributed by atoms with E-state index in [2.05, 4.69) is 10.2 Å². The molecule has 1 aromatic heterocycles. The van der Waals surface area contributed by atoms with Gasteiger partial charge in [-0.15, -0.1) is 0 Å². The summed E-state index contributed by atoms with van der Waals surface area (Å²) in [5.41, 5.74) is -1.66. The van der Waals surface area contributed by atoms with Crippen molar-refractivity contribution in [2.45, 2.75) is 4.90 Å². The Morgan fingerprint density at radius 1 is 0.950 bits per heavy atom. The second-order valence-corrected chi connectivity index (χ2v) is 5.17. The maximum Gasteiger partial charge on any atom is 0.265 e. The van der Waals surface area contributed by atoms with Crippen molar-refractivity contribution in [3.8, 4) is 0 Å². The number of H-pyrrole nitrogens is 1. The van der Waals surface area contributed by atoms with Crippen LogP contribution in [-0.4, -0.2) is 18.6 Å². The second-order valence-electron chi connectivity index (χ2n) is 3.48. The summed E-state index contributed by atoms with van der Waals surface area (Å²) in [6, 6.07) is 0. The van der Waals surface area contributed by atoms with E-state index in [1.165, 1.54) is 4.72 Å². The van der Waals surface area contributed by atoms with Gasteiger partial charge in [0.15, 0.2) is 23.3 Å². The Morgan fingerprint density at radius 3 is 1.90 bits per heavy atom. The summed E-state index contributed by atoms with van der Waals surface area (Å²) in [5, 5.41) is 5.40. The molecular weight excluding hydrogens is 309 g/mol. The Hall–Kier alpha value is -2.17. The minimum Gasteiger partial charge on any atom is -0.284 e. The van der Waals surface area contributed by atoms with Gasteiger partial charge in [-0.25, -0.2) is 30.4 Å². The molecule has 0 aliphatic carbocycles. The van der Waals surface area contributed by atoms with Crippen molar-refractivity contribution in [3.63, 3.8) is 0 Å². The number of hydrogen-bond donors (Lipinski definition) is 2. The van der Waals surface area contributed by atoms with Crippen LogP contribution in [0.4, 0.5) is 27.6 Å². The number of benzene rings is 1. The molecule has 1 heterocycles. The largest absolute Gasteiger partial charge is 0.284 e. The second kappa shape index (κ2) is 4.74. The number of nitrogens with zero attached hydrogens (tertiary/aromatic N) is 1. The molecule has 1 aromatic carbocycles. The molecule has 0 bridgehead atoms. The van der Waals surface area contributed by atoms with Gasteiger partial charge in [-0.1, -0.05) is 0 Å². The number of sulfonamides is 1. The van der Waals surface area contributed by atoms with E-state index in [-0.39, 0.29) is 0 Å². The molecule has 11 heteroatoms. The fraction of sp³-hybridized carbons (Fsp3) is 0. The molecule has 0 spiro atoms. The summed E-state index contributed by atoms with van der Waals surface area (Å²) in [7, 11) is -4.54. The summed E-state index contributed by atoms with van der Waals surface area (Å²) in [4.78, 5) is -0.540. The predicted molar refractivity (Wildman–Crippen MR) is 55.6 cm³/mol. The average Bonchev–Trinajstić information content (AvgIpc) is 2.94. The molecule has 0 saturated carbocycles. The number of rotatable bonds is 3. The van der Waals surface area contributed by atoms with E-state index in [9.17, 15) is 30.4 Å². The van der Waals surface area contributed by atoms with Crippen LogP contribution in [0.2, 0.25) is 0 Å². The highest BCUT2D eigenvalue weighted by molar-refractivity contribution is 7.92. The van der Waals surface area contributed by atoms with Crippen molar-refractivity contribution >= 4 is 15.7 Å². The van der Waals surface area contributed by atoms with Crippen LogP contribution >= 0.6 is 0 Å². The fourth-order valence-electron chi connectivity index (χ4n) is 1.27. The monoisotopic (exact) mass is 313 g/mol. The lowest BCUT2D eigenvalue weighted by atomic mass is 10.2. The first-order valence-corrected chi connectivity index (χ1v) is 6.27. The minimum atomic E-state index is -4.54. The van der Waals surface area contributed by atoms with E-state index in [0.29, 0.717) is 0 Å². The van der Waals surface area contributed by atoms with Crippen LogP contribution in [0, 0.1) is 29.1 Å². The van der Waals surface area contributed by atoms with Crippen LogP contribution in [-0.2, 0) is 10.0 Å². The standard InChI is InChI=1S/C9H4F5N3O2S/c10-4-5(11)7(13)9(8(14)6(4)12)17-20(18,19)3-1-15-16-2-3/h1-2,17H,(H,15,16). The third-order valence-electron chi connectivity index (χ3n) is 2.23. The van der Waals surface area contributed by atoms with E-state index in [1.807, 2.05) is 0 Å². The molecule has 2 rings (SSSR count). The molecule has 0 atom stereocenters. The van der Waals surface area contributed by atoms with Gasteiger partial charge < -0.3 is 0 Å². The third kappa shape index (κ3) is 2.19. The van der Waals surface area contributed by atoms with Crippen molar-refractivity contribution in [2.75, 3.05) is 4.72 Å². The van der Waals surface area contributed by atoms with Crippen molar-refractivity contribution in [2.24, 2.45) is 0 Å². The highest BCUT2D eigenvalue weighted by Gasteiger charge is 2.29. The van der Waals surface area contributed by atoms with E-state index in [0.717, 1.165) is 12.4 Å². The zero-order valence-corrected chi connectivity index (χ0v) is 10.0. The van der Waals surface area contributed by atoms with Crippen molar-refractivity contribution in [1.29, 1.82) is 0 Å². The average molecular weight is 313 g/mol. The Labute approximate surface area is 108 Å². The molecule has 0 radical (unpaired) electrons. The maximum absolute atomic E-state index is 13.3. The summed E-state index contributed by atoms with van der Waals surface area (Å²) in [5.74, 6) is -11.5. The van der Waals surface area contributed by atoms with Crippen LogP contribution in [0.1, 0.15) is 0 Å². The van der Waals surface area contributed by atoms with Crippen LogP contribution in [0.15, 0.2) is 17.3 Å². The third-order valence-corrected chi connectivity index (χ3v) is 3.55. The van der Waals surface area contributed by atoms with Gasteiger partial charge in [0.05, 0.1) is 6.20 Å². The highest BCUT2D eigenvalue weighted by Crippen LogP contribution is 2.28. The molecule has 0 unspecified atom stereocenters. The van der Waals surface area contributed by atoms with Gasteiger partial charge in [0.1, 0.15) is 10.6 Å². The van der Waals surface area contributed by atoms with Gasteiger partial charge in [-0.3, -0.25) is 9.82 Å². The lowest BCUT2D eigenvalue weighted by Crippen LogP contribution is -2.17. The van der Waals surface area contributed by atoms with E-state index in [4.69, 9.17) is 0 Å². The smallest absolute Gasteiger partial charge is 0.265 e. The molecule has 0 aliphatic heterocycles. The highest BCUT2D eigenvalue weighted by atomic mass is 32.2. The molecule has 2 N–H and O–H groups in total. The van der Waals surface area contributed by atoms with Crippen LogP contribution < -0.4 is 4.72 Å². The summed E-state index contributed by atoms with van der Waals surface area (Å²) in [6.45, 7) is 0. The van der Waals surface area contributed by atoms with Crippen molar-refractivity contribution in [3.05, 3.63) is 41.5 Å². The first kappa shape index (κ1) is 14.2. The van der Waals surface area contributed by atoms with Crippen molar-refractivity contribution in [1.82, 2.24) is 10.2 Å². The van der Waals surface area contributed by atoms with Crippen LogP contribution in [0.5, 0.6) is 0 Å². The van der Waals surface area contributed by atoms with Crippen LogP contribution in [0.3, 0.4) is 0 Å². The van der Waals surface area contributed by atoms with Gasteiger partial charge in [0.2, 0.25) is 5.82 Å². The maximum atomic E-state index is 13.3. The molecule has 0 amide bonds. The zero-order valence-electron chi connectivity index (χ0n) is 9.22. The van der Waals surface area contributed by atoms with Gasteiger partial charge in [0.25, 0.3) is 10.0 Å². The normalized spacial score (nSPS) is 11.7. The van der Waals surface area contributed by atoms with Gasteiger partial charge in [0, 0.05) is 6.20 Å². The van der Waals surface area contributed by atoms with Crippen molar-refractivity contribution < 1.29 is 30.4 Å². The quantitative estimate of drug-likeness (QED) is 0.516. The molecule has 2 aromatic rings. The molecular formula is C9H4F5N3O2S. The zero-order chi connectivity index (χ0) is 15.1. The molecule has 108 valence electrons. The predicted octanol–water partition coefficient (Wildman–Crippen LogP) is 1.91. The van der Waals surface area contributed by atoms with Gasteiger partial charge in [-0.2, -0.15) is 5.10 Å². The Bertz CT molecular complexity index is 731. The summed E-state index contributed by atoms with van der Waals surface area (Å²) in [6.07, 6.45) is 1.64. The first-order valence-electron chi connectivity index (χ1n) is 4.78. The summed E-state index contributed by atoms with van der Waals surface area (Å²) < 4.78 is 89.7. The number of anilines is 1. The number of halogens is 5. The summed E-state index contributed by atoms with van der Waals surface area (Å²) >= 11 is 0. The van der Waals surface area contributed by atoms with Gasteiger partial charge >= 0.3 is 0 Å². The van der Waals surface area contributed by atoms with E-state index in [1.54, 1.807) is 0 Å². The lowest BCUT2D eigenvalue weighted by molar-refractivity contribution is 0.382. The number of nitrogens with one attached hydrogen (secondary N) is 2. The number of hydrogen-bond acceptors (Lipinski definition) is 3. The lowest BCUT2D eigenvalue weighted by Gasteiger charge is -2.10. The molecule has 0 saturated heterocycles. The Kier molecular flexibility index (Phi) is 3.38. The Balaban J connectivity index is 2.56. The topological polar surface area (TPSA) is 74.8 Å². The minimum absolute atomic E-state index is 0.540. The molecule has 0 fully saturated rings. The van der Waals surface area contributed by atoms with E-state index < -0.39 is 49.7 Å². The fourth-order valence-corrected chi connectivity index (χ4v) is 2.24. The van der Waals surface area contributed by atoms with Crippen LogP contribution in [0.25, 0.3) is 0 Å². The number of aromatic nitrogens is 2. The molecule has 5 nitrogen and oxygen atoms in total. The Morgan fingerprint density at radius 2 is 1.45 bits per heavy atom. The number of aromatic amines is 1. The van der Waals surface area contributed by atoms with E-state index >= 15 is 0 Å². The molecule has 0 aliphatic rings. The first-order chi connectivity index (χ1) is 9.25.